The summed E-state index contributed by atoms with van der Waals surface area (Å²) in [7, 11) is 0. The largest absolute Gasteiger partial charge is 0.462 e. The quantitative estimate of drug-likeness (QED) is 0.397. The summed E-state index contributed by atoms with van der Waals surface area (Å²) in [4.78, 5) is 11.6. The fourth-order valence-corrected chi connectivity index (χ4v) is 4.97. The molecule has 0 radical (unpaired) electrons. The maximum Gasteiger partial charge on any atom is 0.309 e. The average molecular weight is 423 g/mol. The van der Waals surface area contributed by atoms with Gasteiger partial charge in [0.05, 0.1) is 10.9 Å². The van der Waals surface area contributed by atoms with Gasteiger partial charge >= 0.3 is 5.97 Å². The second-order valence-electron chi connectivity index (χ2n) is 7.80. The number of ether oxygens (including phenoxy) is 1. The van der Waals surface area contributed by atoms with Crippen molar-refractivity contribution in [2.24, 2.45) is 11.8 Å². The van der Waals surface area contributed by atoms with Gasteiger partial charge in [0, 0.05) is 0 Å². The molecule has 0 bridgehead atoms. The maximum absolute atomic E-state index is 13.8. The second kappa shape index (κ2) is 9.16. The third-order valence-corrected chi connectivity index (χ3v) is 6.82. The summed E-state index contributed by atoms with van der Waals surface area (Å²) < 4.78 is 19.8. The number of carbonyl (C=O) groups is 1. The third-order valence-electron chi connectivity index (χ3n) is 6.18. The van der Waals surface area contributed by atoms with Crippen LogP contribution < -0.4 is 0 Å². The van der Waals surface area contributed by atoms with E-state index in [4.69, 9.17) is 4.74 Å². The molecule has 1 aromatic carbocycles. The van der Waals surface area contributed by atoms with E-state index >= 15 is 0 Å². The van der Waals surface area contributed by atoms with Crippen LogP contribution in [0, 0.1) is 17.7 Å². The molecule has 2 fully saturated rings. The van der Waals surface area contributed by atoms with E-state index in [9.17, 15) is 9.18 Å². The molecular formula is C22H28BrFO2. The minimum atomic E-state index is -0.158. The minimum Gasteiger partial charge on any atom is -0.462 e. The highest BCUT2D eigenvalue weighted by atomic mass is 79.9. The number of hydrogen-bond acceptors (Lipinski definition) is 2. The van der Waals surface area contributed by atoms with E-state index in [2.05, 4.69) is 28.6 Å². The van der Waals surface area contributed by atoms with Gasteiger partial charge in [0.25, 0.3) is 0 Å². The Balaban J connectivity index is 1.45. The van der Waals surface area contributed by atoms with E-state index in [1.165, 1.54) is 12.8 Å². The molecule has 0 aliphatic heterocycles. The van der Waals surface area contributed by atoms with Crippen molar-refractivity contribution in [3.8, 4) is 0 Å². The van der Waals surface area contributed by atoms with Crippen molar-refractivity contribution in [2.45, 2.75) is 69.8 Å². The highest BCUT2D eigenvalue weighted by Crippen LogP contribution is 2.43. The molecule has 2 aliphatic rings. The lowest BCUT2D eigenvalue weighted by atomic mass is 9.69. The molecule has 0 spiro atoms. The Morgan fingerprint density at radius 3 is 2.31 bits per heavy atom. The van der Waals surface area contributed by atoms with Crippen molar-refractivity contribution >= 4 is 21.9 Å². The summed E-state index contributed by atoms with van der Waals surface area (Å²) in [6, 6.07) is 5.57. The van der Waals surface area contributed by atoms with Crippen LogP contribution in [-0.2, 0) is 9.53 Å². The first kappa shape index (κ1) is 19.6. The van der Waals surface area contributed by atoms with Crippen LogP contribution in [0.4, 0.5) is 4.39 Å². The lowest BCUT2D eigenvalue weighted by Gasteiger charge is -2.37. The Hall–Kier alpha value is -1.16. The van der Waals surface area contributed by atoms with Crippen LogP contribution >= 0.6 is 15.9 Å². The van der Waals surface area contributed by atoms with Crippen LogP contribution in [0.5, 0.6) is 0 Å². The topological polar surface area (TPSA) is 26.3 Å². The van der Waals surface area contributed by atoms with E-state index in [-0.39, 0.29) is 17.9 Å². The molecule has 2 saturated carbocycles. The fourth-order valence-electron chi connectivity index (χ4n) is 4.72. The normalized spacial score (nSPS) is 29.2. The summed E-state index contributed by atoms with van der Waals surface area (Å²) >= 11 is 3.23. The molecule has 3 rings (SSSR count). The molecule has 142 valence electrons. The Bertz CT molecular complexity index is 629. The summed E-state index contributed by atoms with van der Waals surface area (Å²) in [5, 5.41) is 0. The van der Waals surface area contributed by atoms with Gasteiger partial charge in [0.15, 0.2) is 0 Å². The Labute approximate surface area is 164 Å². The standard InChI is InChI=1S/C22H28BrFO2/c1-2-3-22(25)26-19-11-8-16(9-12-19)15-4-6-17(7-5-15)18-10-13-20(23)21(24)14-18/h2,10,13-17,19H,1,3-9,11-12H2. The van der Waals surface area contributed by atoms with Crippen molar-refractivity contribution in [1.82, 2.24) is 0 Å². The van der Waals surface area contributed by atoms with E-state index in [1.54, 1.807) is 12.1 Å². The van der Waals surface area contributed by atoms with Gasteiger partial charge in [-0.3, -0.25) is 4.79 Å². The van der Waals surface area contributed by atoms with Crippen LogP contribution in [0.3, 0.4) is 0 Å². The SMILES string of the molecule is C=CCC(=O)OC1CCC(C2CCC(c3ccc(Br)c(F)c3)CC2)CC1. The first-order chi connectivity index (χ1) is 12.6. The molecule has 0 N–H and O–H groups in total. The number of benzene rings is 1. The van der Waals surface area contributed by atoms with Crippen molar-refractivity contribution in [3.63, 3.8) is 0 Å². The predicted molar refractivity (Wildman–Crippen MR) is 105 cm³/mol. The van der Waals surface area contributed by atoms with Gasteiger partial charge in [-0.1, -0.05) is 12.1 Å². The molecule has 0 aromatic heterocycles. The molecular weight excluding hydrogens is 395 g/mol. The second-order valence-corrected chi connectivity index (χ2v) is 8.66. The summed E-state index contributed by atoms with van der Waals surface area (Å²) in [5.74, 6) is 1.72. The van der Waals surface area contributed by atoms with Gasteiger partial charge < -0.3 is 4.74 Å². The predicted octanol–water partition coefficient (Wildman–Crippen LogP) is 6.54. The number of esters is 1. The first-order valence-electron chi connectivity index (χ1n) is 9.82. The zero-order chi connectivity index (χ0) is 18.5. The number of hydrogen-bond donors (Lipinski definition) is 0. The molecule has 0 saturated heterocycles. The van der Waals surface area contributed by atoms with Crippen LogP contribution in [0.25, 0.3) is 0 Å². The first-order valence-corrected chi connectivity index (χ1v) is 10.6. The van der Waals surface area contributed by atoms with Crippen molar-refractivity contribution in [3.05, 3.63) is 46.7 Å². The number of halogens is 2. The highest BCUT2D eigenvalue weighted by molar-refractivity contribution is 9.10. The lowest BCUT2D eigenvalue weighted by molar-refractivity contribution is -0.150. The molecule has 0 amide bonds. The van der Waals surface area contributed by atoms with Crippen molar-refractivity contribution < 1.29 is 13.9 Å². The van der Waals surface area contributed by atoms with Crippen LogP contribution in [0.2, 0.25) is 0 Å². The van der Waals surface area contributed by atoms with Gasteiger partial charge in [-0.2, -0.15) is 0 Å². The number of carbonyl (C=O) groups excluding carboxylic acids is 1. The van der Waals surface area contributed by atoms with Gasteiger partial charge in [-0.15, -0.1) is 6.58 Å². The van der Waals surface area contributed by atoms with Crippen molar-refractivity contribution in [1.29, 1.82) is 0 Å². The summed E-state index contributed by atoms with van der Waals surface area (Å²) in [6.45, 7) is 3.58. The zero-order valence-corrected chi connectivity index (χ0v) is 16.8. The van der Waals surface area contributed by atoms with Gasteiger partial charge in [0.2, 0.25) is 0 Å². The monoisotopic (exact) mass is 422 g/mol. The van der Waals surface area contributed by atoms with E-state index < -0.39 is 0 Å². The summed E-state index contributed by atoms with van der Waals surface area (Å²) in [6.07, 6.45) is 11.1. The molecule has 2 aliphatic carbocycles. The number of rotatable bonds is 5. The summed E-state index contributed by atoms with van der Waals surface area (Å²) in [5.41, 5.74) is 1.14. The Kier molecular flexibility index (Phi) is 6.91. The maximum atomic E-state index is 13.8. The van der Waals surface area contributed by atoms with E-state index in [0.717, 1.165) is 55.9 Å². The fraction of sp³-hybridized carbons (Fsp3) is 0.591. The Morgan fingerprint density at radius 1 is 1.12 bits per heavy atom. The van der Waals surface area contributed by atoms with Crippen LogP contribution in [0.1, 0.15) is 69.3 Å². The smallest absolute Gasteiger partial charge is 0.309 e. The Morgan fingerprint density at radius 2 is 1.73 bits per heavy atom. The van der Waals surface area contributed by atoms with E-state index in [0.29, 0.717) is 16.8 Å². The molecule has 0 unspecified atom stereocenters. The van der Waals surface area contributed by atoms with Crippen LogP contribution in [0.15, 0.2) is 35.3 Å². The molecule has 2 nitrogen and oxygen atoms in total. The molecule has 4 heteroatoms. The minimum absolute atomic E-state index is 0.0979. The lowest BCUT2D eigenvalue weighted by Crippen LogP contribution is -2.29. The molecule has 1 aromatic rings. The van der Waals surface area contributed by atoms with E-state index in [1.807, 2.05) is 6.07 Å². The van der Waals surface area contributed by atoms with Gasteiger partial charge in [-0.25, -0.2) is 4.39 Å². The third kappa shape index (κ3) is 4.97. The highest BCUT2D eigenvalue weighted by Gasteiger charge is 2.32. The molecule has 0 atom stereocenters. The molecule has 26 heavy (non-hydrogen) atoms. The zero-order valence-electron chi connectivity index (χ0n) is 15.3. The van der Waals surface area contributed by atoms with Gasteiger partial charge in [0.1, 0.15) is 11.9 Å². The molecule has 0 heterocycles. The average Bonchev–Trinajstić information content (AvgIpc) is 2.65. The van der Waals surface area contributed by atoms with Crippen molar-refractivity contribution in [2.75, 3.05) is 0 Å². The van der Waals surface area contributed by atoms with Gasteiger partial charge in [-0.05, 0) is 103 Å². The van der Waals surface area contributed by atoms with Crippen LogP contribution in [-0.4, -0.2) is 12.1 Å².